The highest BCUT2D eigenvalue weighted by Gasteiger charge is 2.51. The second kappa shape index (κ2) is 9.70. The van der Waals surface area contributed by atoms with Crippen LogP contribution in [0, 0.1) is 11.6 Å². The number of halogens is 2. The molecule has 1 aliphatic carbocycles. The van der Waals surface area contributed by atoms with E-state index in [9.17, 15) is 5.11 Å². The fraction of sp³-hybridized carbons (Fsp3) is 0.0286. The maximum atomic E-state index is 15.7. The summed E-state index contributed by atoms with van der Waals surface area (Å²) in [6.07, 6.45) is 0. The summed E-state index contributed by atoms with van der Waals surface area (Å²) in [6.45, 7) is 0. The molecule has 0 aliphatic heterocycles. The lowest BCUT2D eigenvalue weighted by Crippen LogP contribution is -2.30. The van der Waals surface area contributed by atoms with E-state index in [-0.39, 0.29) is 0 Å². The van der Waals surface area contributed by atoms with Crippen LogP contribution < -0.4 is 0 Å². The first kappa shape index (κ1) is 23.8. The van der Waals surface area contributed by atoms with E-state index in [1.54, 1.807) is 0 Å². The zero-order valence-corrected chi connectivity index (χ0v) is 20.5. The van der Waals surface area contributed by atoms with Crippen LogP contribution in [0.5, 0.6) is 0 Å². The standard InChI is InChI=1S/C35H24F2O/c36-28-22-13-23-29(37)34(28)35(38)32(26-18-9-3-10-19-26)30(24-14-5-1-6-15-24)31(25-16-7-2-8-17-25)33(35)27-20-11-4-12-21-27/h1-23,38H. The summed E-state index contributed by atoms with van der Waals surface area (Å²) in [7, 11) is 0. The van der Waals surface area contributed by atoms with Gasteiger partial charge in [-0.3, -0.25) is 0 Å². The van der Waals surface area contributed by atoms with E-state index in [0.717, 1.165) is 22.3 Å². The maximum absolute atomic E-state index is 15.7. The SMILES string of the molecule is OC1(c2c(F)cccc2F)C(c2ccccc2)=C(c2ccccc2)C(c2ccccc2)=C1c1ccccc1. The lowest BCUT2D eigenvalue weighted by atomic mass is 9.76. The maximum Gasteiger partial charge on any atom is 0.148 e. The van der Waals surface area contributed by atoms with E-state index in [1.165, 1.54) is 18.2 Å². The monoisotopic (exact) mass is 498 g/mol. The molecule has 0 bridgehead atoms. The molecule has 1 nitrogen and oxygen atoms in total. The minimum Gasteiger partial charge on any atom is -0.376 e. The van der Waals surface area contributed by atoms with Crippen molar-refractivity contribution in [1.82, 2.24) is 0 Å². The highest BCUT2D eigenvalue weighted by molar-refractivity contribution is 6.30. The van der Waals surface area contributed by atoms with Crippen LogP contribution >= 0.6 is 0 Å². The molecule has 6 rings (SSSR count). The summed E-state index contributed by atoms with van der Waals surface area (Å²) in [4.78, 5) is 0. The van der Waals surface area contributed by atoms with Crippen LogP contribution in [0.2, 0.25) is 0 Å². The van der Waals surface area contributed by atoms with Gasteiger partial charge in [0.25, 0.3) is 0 Å². The molecule has 1 N–H and O–H groups in total. The van der Waals surface area contributed by atoms with Crippen molar-refractivity contribution in [3.8, 4) is 0 Å². The first-order valence-electron chi connectivity index (χ1n) is 12.5. The molecule has 0 aromatic heterocycles. The van der Waals surface area contributed by atoms with E-state index < -0.39 is 22.8 Å². The first-order valence-corrected chi connectivity index (χ1v) is 12.5. The summed E-state index contributed by atoms with van der Waals surface area (Å²) in [5.74, 6) is -1.62. The Hall–Kier alpha value is -4.60. The van der Waals surface area contributed by atoms with Crippen LogP contribution in [0.15, 0.2) is 140 Å². The summed E-state index contributed by atoms with van der Waals surface area (Å²) < 4.78 is 31.5. The van der Waals surface area contributed by atoms with Gasteiger partial charge in [0.2, 0.25) is 0 Å². The van der Waals surface area contributed by atoms with Crippen molar-refractivity contribution >= 4 is 22.3 Å². The predicted octanol–water partition coefficient (Wildman–Crippen LogP) is 8.39. The van der Waals surface area contributed by atoms with Crippen molar-refractivity contribution in [2.75, 3.05) is 0 Å². The van der Waals surface area contributed by atoms with Gasteiger partial charge in [-0.1, -0.05) is 127 Å². The Morgan fingerprint density at radius 2 is 0.711 bits per heavy atom. The second-order valence-electron chi connectivity index (χ2n) is 9.27. The molecule has 0 heterocycles. The molecule has 0 saturated heterocycles. The van der Waals surface area contributed by atoms with E-state index in [0.29, 0.717) is 22.3 Å². The van der Waals surface area contributed by atoms with Gasteiger partial charge in [0.05, 0.1) is 5.56 Å². The van der Waals surface area contributed by atoms with Gasteiger partial charge in [0, 0.05) is 11.1 Å². The van der Waals surface area contributed by atoms with E-state index in [1.807, 2.05) is 121 Å². The number of aliphatic hydroxyl groups is 1. The largest absolute Gasteiger partial charge is 0.376 e. The molecule has 184 valence electrons. The molecule has 0 atom stereocenters. The number of benzene rings is 5. The second-order valence-corrected chi connectivity index (χ2v) is 9.27. The predicted molar refractivity (Wildman–Crippen MR) is 150 cm³/mol. The molecule has 0 amide bonds. The third-order valence-corrected chi connectivity index (χ3v) is 7.05. The van der Waals surface area contributed by atoms with Crippen LogP contribution in [-0.2, 0) is 5.60 Å². The van der Waals surface area contributed by atoms with Crippen molar-refractivity contribution < 1.29 is 13.9 Å². The summed E-state index contributed by atoms with van der Waals surface area (Å²) in [5.41, 5.74) is 2.84. The van der Waals surface area contributed by atoms with Gasteiger partial charge in [0.1, 0.15) is 17.2 Å². The quantitative estimate of drug-likeness (QED) is 0.258. The van der Waals surface area contributed by atoms with Crippen LogP contribution in [0.3, 0.4) is 0 Å². The molecule has 3 heteroatoms. The minimum absolute atomic E-state index is 0.392. The Labute approximate surface area is 220 Å². The minimum atomic E-state index is -2.13. The number of allylic oxidation sites excluding steroid dienone is 2. The fourth-order valence-corrected chi connectivity index (χ4v) is 5.53. The fourth-order valence-electron chi connectivity index (χ4n) is 5.53. The Morgan fingerprint density at radius 1 is 0.395 bits per heavy atom. The zero-order valence-electron chi connectivity index (χ0n) is 20.5. The highest BCUT2D eigenvalue weighted by Crippen LogP contribution is 2.61. The summed E-state index contributed by atoms with van der Waals surface area (Å²) in [5, 5.41) is 13.0. The molecule has 5 aromatic carbocycles. The lowest BCUT2D eigenvalue weighted by Gasteiger charge is -2.32. The van der Waals surface area contributed by atoms with Gasteiger partial charge in [-0.25, -0.2) is 8.78 Å². The van der Waals surface area contributed by atoms with Crippen molar-refractivity contribution in [2.24, 2.45) is 0 Å². The molecular weight excluding hydrogens is 474 g/mol. The molecule has 0 unspecified atom stereocenters. The topological polar surface area (TPSA) is 20.2 Å². The normalized spacial score (nSPS) is 14.7. The molecule has 1 aliphatic rings. The van der Waals surface area contributed by atoms with Crippen LogP contribution in [-0.4, -0.2) is 5.11 Å². The van der Waals surface area contributed by atoms with Crippen molar-refractivity contribution in [2.45, 2.75) is 5.60 Å². The van der Waals surface area contributed by atoms with Crippen molar-refractivity contribution in [1.29, 1.82) is 0 Å². The number of hydrogen-bond acceptors (Lipinski definition) is 1. The molecule has 38 heavy (non-hydrogen) atoms. The Kier molecular flexibility index (Phi) is 6.07. The molecule has 5 aromatic rings. The highest BCUT2D eigenvalue weighted by atomic mass is 19.1. The third-order valence-electron chi connectivity index (χ3n) is 7.05. The molecular formula is C35H24F2O. The summed E-state index contributed by atoms with van der Waals surface area (Å²) in [6, 6.07) is 41.9. The molecule has 0 spiro atoms. The van der Waals surface area contributed by atoms with Crippen molar-refractivity contribution in [3.63, 3.8) is 0 Å². The molecule has 0 radical (unpaired) electrons. The van der Waals surface area contributed by atoms with Crippen LogP contribution in [0.1, 0.15) is 27.8 Å². The van der Waals surface area contributed by atoms with Crippen LogP contribution in [0.25, 0.3) is 22.3 Å². The van der Waals surface area contributed by atoms with E-state index >= 15 is 8.78 Å². The summed E-state index contributed by atoms with van der Waals surface area (Å²) >= 11 is 0. The number of rotatable bonds is 5. The van der Waals surface area contributed by atoms with Gasteiger partial charge < -0.3 is 5.11 Å². The van der Waals surface area contributed by atoms with E-state index in [4.69, 9.17) is 0 Å². The Morgan fingerprint density at radius 3 is 1.05 bits per heavy atom. The van der Waals surface area contributed by atoms with Gasteiger partial charge in [-0.2, -0.15) is 0 Å². The van der Waals surface area contributed by atoms with Crippen molar-refractivity contribution in [3.05, 3.63) is 179 Å². The van der Waals surface area contributed by atoms with Gasteiger partial charge in [-0.05, 0) is 45.5 Å². The zero-order chi connectivity index (χ0) is 26.1. The third kappa shape index (κ3) is 3.80. The molecule has 0 fully saturated rings. The first-order chi connectivity index (χ1) is 18.6. The Bertz CT molecular complexity index is 1540. The van der Waals surface area contributed by atoms with Gasteiger partial charge in [0.15, 0.2) is 0 Å². The van der Waals surface area contributed by atoms with Gasteiger partial charge >= 0.3 is 0 Å². The molecule has 0 saturated carbocycles. The lowest BCUT2D eigenvalue weighted by molar-refractivity contribution is 0.157. The average molecular weight is 499 g/mol. The van der Waals surface area contributed by atoms with Gasteiger partial charge in [-0.15, -0.1) is 0 Å². The van der Waals surface area contributed by atoms with Crippen LogP contribution in [0.4, 0.5) is 8.78 Å². The Balaban J connectivity index is 1.86. The average Bonchev–Trinajstić information content (AvgIpc) is 3.24. The number of hydrogen-bond donors (Lipinski definition) is 1. The van der Waals surface area contributed by atoms with E-state index in [2.05, 4.69) is 0 Å². The smallest absolute Gasteiger partial charge is 0.148 e.